The number of ether oxygens (including phenoxy) is 1. The molecule has 0 spiro atoms. The summed E-state index contributed by atoms with van der Waals surface area (Å²) < 4.78 is 7.37. The van der Waals surface area contributed by atoms with Gasteiger partial charge in [0.1, 0.15) is 0 Å². The minimum Gasteiger partial charge on any atom is -0.383 e. The summed E-state index contributed by atoms with van der Waals surface area (Å²) in [6.45, 7) is 14.3. The highest BCUT2D eigenvalue weighted by molar-refractivity contribution is 5.85. The molecule has 0 bridgehead atoms. The predicted molar refractivity (Wildman–Crippen MR) is 133 cm³/mol. The van der Waals surface area contributed by atoms with Gasteiger partial charge >= 0.3 is 0 Å². The summed E-state index contributed by atoms with van der Waals surface area (Å²) in [6.07, 6.45) is 2.48. The topological polar surface area (TPSA) is 54.8 Å². The smallest absolute Gasteiger partial charge is 0.242 e. The molecule has 1 aromatic heterocycles. The zero-order chi connectivity index (χ0) is 24.6. The summed E-state index contributed by atoms with van der Waals surface area (Å²) in [5.41, 5.74) is 3.14. The minimum absolute atomic E-state index is 0.00733. The number of methoxy groups -OCH3 is 1. The summed E-state index contributed by atoms with van der Waals surface area (Å²) in [7, 11) is 1.61. The maximum absolute atomic E-state index is 13.5. The molecule has 182 valence electrons. The average Bonchev–Trinajstić information content (AvgIpc) is 3.14. The van der Waals surface area contributed by atoms with Crippen molar-refractivity contribution in [1.29, 1.82) is 0 Å². The molecular weight excluding hydrogens is 414 g/mol. The van der Waals surface area contributed by atoms with E-state index in [1.54, 1.807) is 12.0 Å². The van der Waals surface area contributed by atoms with E-state index < -0.39 is 0 Å². The molecule has 2 amide bonds. The van der Waals surface area contributed by atoms with Crippen molar-refractivity contribution in [2.75, 3.05) is 26.8 Å². The molecule has 0 radical (unpaired) electrons. The molecule has 0 aliphatic rings. The number of benzene rings is 1. The number of aromatic nitrogens is 1. The third-order valence-electron chi connectivity index (χ3n) is 5.62. The van der Waals surface area contributed by atoms with Gasteiger partial charge in [-0.3, -0.25) is 9.59 Å². The van der Waals surface area contributed by atoms with Crippen molar-refractivity contribution in [2.24, 2.45) is 5.92 Å². The highest BCUT2D eigenvalue weighted by Gasteiger charge is 2.29. The van der Waals surface area contributed by atoms with Crippen molar-refractivity contribution in [3.63, 3.8) is 0 Å². The lowest BCUT2D eigenvalue weighted by Gasteiger charge is -2.37. The van der Waals surface area contributed by atoms with Crippen LogP contribution in [0.4, 0.5) is 0 Å². The minimum atomic E-state index is -0.385. The van der Waals surface area contributed by atoms with Gasteiger partial charge in [0.2, 0.25) is 11.8 Å². The van der Waals surface area contributed by atoms with E-state index in [0.717, 1.165) is 12.2 Å². The molecule has 0 saturated heterocycles. The third-order valence-corrected chi connectivity index (χ3v) is 5.62. The van der Waals surface area contributed by atoms with Gasteiger partial charge in [-0.1, -0.05) is 43.7 Å². The number of amides is 2. The maximum atomic E-state index is 13.5. The Hall–Kier alpha value is -2.60. The lowest BCUT2D eigenvalue weighted by atomic mass is 10.0. The summed E-state index contributed by atoms with van der Waals surface area (Å²) >= 11 is 0. The first-order valence-corrected chi connectivity index (χ1v) is 11.8. The monoisotopic (exact) mass is 455 g/mol. The molecule has 0 N–H and O–H groups in total. The van der Waals surface area contributed by atoms with E-state index in [0.29, 0.717) is 26.1 Å². The summed E-state index contributed by atoms with van der Waals surface area (Å²) in [6, 6.07) is 12.6. The van der Waals surface area contributed by atoms with Crippen LogP contribution in [0.2, 0.25) is 0 Å². The van der Waals surface area contributed by atoms with Crippen LogP contribution >= 0.6 is 0 Å². The molecule has 0 aliphatic heterocycles. The van der Waals surface area contributed by atoms with Crippen LogP contribution in [0.1, 0.15) is 57.9 Å². The quantitative estimate of drug-likeness (QED) is 0.502. The Morgan fingerprint density at radius 2 is 1.82 bits per heavy atom. The average molecular weight is 456 g/mol. The molecule has 0 fully saturated rings. The van der Waals surface area contributed by atoms with Crippen LogP contribution in [-0.4, -0.2) is 58.5 Å². The first-order valence-electron chi connectivity index (χ1n) is 11.8. The van der Waals surface area contributed by atoms with Crippen LogP contribution in [0.15, 0.2) is 42.6 Å². The molecule has 1 heterocycles. The second-order valence-electron chi connectivity index (χ2n) is 10.2. The molecule has 2 rings (SSSR count). The van der Waals surface area contributed by atoms with Gasteiger partial charge in [0.05, 0.1) is 19.7 Å². The zero-order valence-electron chi connectivity index (χ0n) is 21.4. The number of nitrogens with zero attached hydrogens (tertiary/aromatic N) is 3. The molecule has 0 aliphatic carbocycles. The van der Waals surface area contributed by atoms with Crippen LogP contribution in [0.5, 0.6) is 0 Å². The van der Waals surface area contributed by atoms with Gasteiger partial charge in [-0.25, -0.2) is 0 Å². The molecule has 2 aromatic rings. The van der Waals surface area contributed by atoms with E-state index >= 15 is 0 Å². The van der Waals surface area contributed by atoms with Gasteiger partial charge in [-0.05, 0) is 51.3 Å². The van der Waals surface area contributed by atoms with E-state index in [4.69, 9.17) is 4.74 Å². The molecule has 33 heavy (non-hydrogen) atoms. The van der Waals surface area contributed by atoms with Crippen LogP contribution in [-0.2, 0) is 27.4 Å². The number of rotatable bonds is 11. The lowest BCUT2D eigenvalue weighted by molar-refractivity contribution is -0.145. The second kappa shape index (κ2) is 12.0. The maximum Gasteiger partial charge on any atom is 0.242 e. The standard InChI is InChI=1S/C27H41N3O3/c1-21(2)16-25(31)29(14-15-33-7)20-26(32)30(27(4,5)6)19-24-12-9-13-28(24)18-23-11-8-10-22(3)17-23/h8-13,17,21H,14-16,18-20H2,1-7H3. The molecule has 0 unspecified atom stereocenters. The Morgan fingerprint density at radius 1 is 1.09 bits per heavy atom. The van der Waals surface area contributed by atoms with Gasteiger partial charge in [-0.2, -0.15) is 0 Å². The lowest BCUT2D eigenvalue weighted by Crippen LogP contribution is -2.51. The molecule has 0 saturated carbocycles. The van der Waals surface area contributed by atoms with Gasteiger partial charge in [0, 0.05) is 44.0 Å². The number of carbonyl (C=O) groups excluding carboxylic acids is 2. The molecule has 0 atom stereocenters. The summed E-state index contributed by atoms with van der Waals surface area (Å²) in [4.78, 5) is 29.7. The zero-order valence-corrected chi connectivity index (χ0v) is 21.4. The predicted octanol–water partition coefficient (Wildman–Crippen LogP) is 4.49. The summed E-state index contributed by atoms with van der Waals surface area (Å²) in [5, 5.41) is 0. The van der Waals surface area contributed by atoms with Gasteiger partial charge in [0.15, 0.2) is 0 Å². The molecule has 6 nitrogen and oxygen atoms in total. The number of hydrogen-bond acceptors (Lipinski definition) is 3. The Morgan fingerprint density at radius 3 is 2.42 bits per heavy atom. The van der Waals surface area contributed by atoms with Gasteiger partial charge in [0.25, 0.3) is 0 Å². The number of carbonyl (C=O) groups is 2. The van der Waals surface area contributed by atoms with Crippen LogP contribution in [0.25, 0.3) is 0 Å². The van der Waals surface area contributed by atoms with Crippen LogP contribution < -0.4 is 0 Å². The Kier molecular flexibility index (Phi) is 9.71. The van der Waals surface area contributed by atoms with Crippen molar-refractivity contribution in [2.45, 2.75) is 66.6 Å². The first kappa shape index (κ1) is 26.7. The van der Waals surface area contributed by atoms with Crippen LogP contribution in [0, 0.1) is 12.8 Å². The Bertz CT molecular complexity index is 911. The number of hydrogen-bond donors (Lipinski definition) is 0. The largest absolute Gasteiger partial charge is 0.383 e. The highest BCUT2D eigenvalue weighted by atomic mass is 16.5. The van der Waals surface area contributed by atoms with Crippen molar-refractivity contribution < 1.29 is 14.3 Å². The van der Waals surface area contributed by atoms with E-state index in [1.165, 1.54) is 11.1 Å². The van der Waals surface area contributed by atoms with Gasteiger partial charge in [-0.15, -0.1) is 0 Å². The second-order valence-corrected chi connectivity index (χ2v) is 10.2. The van der Waals surface area contributed by atoms with Gasteiger partial charge < -0.3 is 19.1 Å². The first-order chi connectivity index (χ1) is 15.5. The SMILES string of the molecule is COCCN(CC(=O)N(Cc1cccn1Cc1cccc(C)c1)C(C)(C)C)C(=O)CC(C)C. The Labute approximate surface area is 199 Å². The van der Waals surface area contributed by atoms with Crippen molar-refractivity contribution >= 4 is 11.8 Å². The fourth-order valence-corrected chi connectivity index (χ4v) is 3.84. The van der Waals surface area contributed by atoms with Crippen molar-refractivity contribution in [3.8, 4) is 0 Å². The number of aryl methyl sites for hydroxylation is 1. The van der Waals surface area contributed by atoms with Crippen LogP contribution in [0.3, 0.4) is 0 Å². The van der Waals surface area contributed by atoms with Crippen molar-refractivity contribution in [1.82, 2.24) is 14.4 Å². The third kappa shape index (κ3) is 8.35. The normalized spacial score (nSPS) is 11.6. The Balaban J connectivity index is 2.20. The molecule has 6 heteroatoms. The fourth-order valence-electron chi connectivity index (χ4n) is 3.84. The summed E-state index contributed by atoms with van der Waals surface area (Å²) in [5.74, 6) is 0.173. The fraction of sp³-hybridized carbons (Fsp3) is 0.556. The molecular formula is C27H41N3O3. The van der Waals surface area contributed by atoms with E-state index in [-0.39, 0.29) is 29.8 Å². The van der Waals surface area contributed by atoms with E-state index in [9.17, 15) is 9.59 Å². The highest BCUT2D eigenvalue weighted by Crippen LogP contribution is 2.20. The van der Waals surface area contributed by atoms with Crippen molar-refractivity contribution in [3.05, 3.63) is 59.4 Å². The van der Waals surface area contributed by atoms with E-state index in [2.05, 4.69) is 48.0 Å². The van der Waals surface area contributed by atoms with E-state index in [1.807, 2.05) is 45.6 Å². The molecule has 1 aromatic carbocycles.